The molecule has 1 rings (SSSR count). The van der Waals surface area contributed by atoms with E-state index in [1.807, 2.05) is 0 Å². The highest BCUT2D eigenvalue weighted by Gasteiger charge is 2.39. The van der Waals surface area contributed by atoms with Crippen molar-refractivity contribution in [3.63, 3.8) is 0 Å². The molecule has 1 unspecified atom stereocenters. The number of hydrogen-bond donors (Lipinski definition) is 3. The van der Waals surface area contributed by atoms with Gasteiger partial charge in [-0.3, -0.25) is 0 Å². The number of rotatable bonds is 6. The number of nitrogens with one attached hydrogen (secondary N) is 2. The topological polar surface area (TPSA) is 101 Å². The Hall–Kier alpha value is -2.02. The minimum Gasteiger partial charge on any atom is -0.479 e. The Labute approximate surface area is 104 Å². The van der Waals surface area contributed by atoms with Crippen LogP contribution in [0.5, 0.6) is 0 Å². The summed E-state index contributed by atoms with van der Waals surface area (Å²) in [6.07, 6.45) is 1.35. The van der Waals surface area contributed by atoms with Gasteiger partial charge in [-0.15, -0.1) is 0 Å². The molecule has 0 aromatic carbocycles. The van der Waals surface area contributed by atoms with E-state index < -0.39 is 17.5 Å². The molecule has 1 atom stereocenters. The van der Waals surface area contributed by atoms with Crippen LogP contribution >= 0.6 is 0 Å². The molecule has 0 aliphatic carbocycles. The lowest BCUT2D eigenvalue weighted by atomic mass is 9.99. The van der Waals surface area contributed by atoms with Crippen LogP contribution in [0, 0.1) is 0 Å². The van der Waals surface area contributed by atoms with Crippen molar-refractivity contribution in [3.05, 3.63) is 24.2 Å². The number of aliphatic carboxylic acids is 1. The van der Waals surface area contributed by atoms with E-state index >= 15 is 0 Å². The molecule has 100 valence electrons. The second-order valence-corrected chi connectivity index (χ2v) is 3.78. The number of methoxy groups -OCH3 is 1. The molecule has 1 aromatic rings. The normalized spacial score (nSPS) is 13.7. The zero-order chi connectivity index (χ0) is 13.6. The standard InChI is InChI=1S/C11H16N2O5/c1-11(9(14)15,8-4-3-6-18-8)13-10(16)12-5-7-17-2/h3-4,6H,5,7H2,1-2H3,(H,14,15)(H2,12,13,16). The Morgan fingerprint density at radius 3 is 2.78 bits per heavy atom. The average Bonchev–Trinajstić information content (AvgIpc) is 2.82. The van der Waals surface area contributed by atoms with Crippen molar-refractivity contribution in [1.82, 2.24) is 10.6 Å². The molecule has 3 N–H and O–H groups in total. The number of urea groups is 1. The van der Waals surface area contributed by atoms with Crippen LogP contribution < -0.4 is 10.6 Å². The molecule has 0 radical (unpaired) electrons. The maximum atomic E-state index is 11.6. The Kier molecular flexibility index (Phi) is 4.73. The quantitative estimate of drug-likeness (QED) is 0.644. The molecule has 0 aliphatic rings. The van der Waals surface area contributed by atoms with Gasteiger partial charge in [0, 0.05) is 13.7 Å². The molecule has 0 spiro atoms. The predicted molar refractivity (Wildman–Crippen MR) is 62.1 cm³/mol. The zero-order valence-corrected chi connectivity index (χ0v) is 10.2. The highest BCUT2D eigenvalue weighted by atomic mass is 16.5. The summed E-state index contributed by atoms with van der Waals surface area (Å²) in [7, 11) is 1.50. The Morgan fingerprint density at radius 1 is 1.56 bits per heavy atom. The number of ether oxygens (including phenoxy) is 1. The SMILES string of the molecule is COCCNC(=O)NC(C)(C(=O)O)c1ccco1. The molecule has 18 heavy (non-hydrogen) atoms. The maximum Gasteiger partial charge on any atom is 0.337 e. The number of furan rings is 1. The Balaban J connectivity index is 2.70. The van der Waals surface area contributed by atoms with Crippen LogP contribution in [0.2, 0.25) is 0 Å². The van der Waals surface area contributed by atoms with Crippen molar-refractivity contribution >= 4 is 12.0 Å². The van der Waals surface area contributed by atoms with Crippen LogP contribution in [0.4, 0.5) is 4.79 Å². The van der Waals surface area contributed by atoms with E-state index in [-0.39, 0.29) is 12.3 Å². The van der Waals surface area contributed by atoms with E-state index in [4.69, 9.17) is 9.15 Å². The van der Waals surface area contributed by atoms with Gasteiger partial charge in [-0.2, -0.15) is 0 Å². The van der Waals surface area contributed by atoms with Crippen LogP contribution in [0.1, 0.15) is 12.7 Å². The largest absolute Gasteiger partial charge is 0.479 e. The highest BCUT2D eigenvalue weighted by Crippen LogP contribution is 2.21. The van der Waals surface area contributed by atoms with Crippen molar-refractivity contribution in [2.45, 2.75) is 12.5 Å². The van der Waals surface area contributed by atoms with Crippen molar-refractivity contribution in [2.24, 2.45) is 0 Å². The molecule has 0 saturated heterocycles. The van der Waals surface area contributed by atoms with Gasteiger partial charge in [-0.1, -0.05) is 0 Å². The summed E-state index contributed by atoms with van der Waals surface area (Å²) in [5, 5.41) is 14.0. The van der Waals surface area contributed by atoms with E-state index in [1.54, 1.807) is 6.07 Å². The van der Waals surface area contributed by atoms with Crippen molar-refractivity contribution < 1.29 is 23.8 Å². The van der Waals surface area contributed by atoms with Crippen molar-refractivity contribution in [1.29, 1.82) is 0 Å². The smallest absolute Gasteiger partial charge is 0.337 e. The summed E-state index contributed by atoms with van der Waals surface area (Å²) < 4.78 is 9.80. The van der Waals surface area contributed by atoms with E-state index in [2.05, 4.69) is 10.6 Å². The van der Waals surface area contributed by atoms with Crippen molar-refractivity contribution in [2.75, 3.05) is 20.3 Å². The highest BCUT2D eigenvalue weighted by molar-refractivity contribution is 5.86. The number of carbonyl (C=O) groups excluding carboxylic acids is 1. The molecular weight excluding hydrogens is 240 g/mol. The number of hydrogen-bond acceptors (Lipinski definition) is 4. The molecule has 1 aromatic heterocycles. The van der Waals surface area contributed by atoms with E-state index in [9.17, 15) is 14.7 Å². The van der Waals surface area contributed by atoms with Gasteiger partial charge in [-0.25, -0.2) is 9.59 Å². The van der Waals surface area contributed by atoms with Gasteiger partial charge in [0.25, 0.3) is 0 Å². The number of carbonyl (C=O) groups is 2. The summed E-state index contributed by atoms with van der Waals surface area (Å²) in [6.45, 7) is 1.98. The maximum absolute atomic E-state index is 11.6. The molecule has 7 heteroatoms. The number of amides is 2. The first-order valence-electron chi connectivity index (χ1n) is 5.33. The van der Waals surface area contributed by atoms with Crippen molar-refractivity contribution in [3.8, 4) is 0 Å². The lowest BCUT2D eigenvalue weighted by Crippen LogP contribution is -2.53. The molecule has 0 aliphatic heterocycles. The van der Waals surface area contributed by atoms with E-state index in [0.717, 1.165) is 0 Å². The minimum absolute atomic E-state index is 0.150. The van der Waals surface area contributed by atoms with Crippen LogP contribution in [-0.2, 0) is 15.1 Å². The molecule has 2 amide bonds. The zero-order valence-electron chi connectivity index (χ0n) is 10.2. The van der Waals surface area contributed by atoms with Gasteiger partial charge in [0.1, 0.15) is 5.76 Å². The molecule has 1 heterocycles. The molecule has 0 fully saturated rings. The van der Waals surface area contributed by atoms with Crippen LogP contribution in [0.3, 0.4) is 0 Å². The second kappa shape index (κ2) is 6.06. The van der Waals surface area contributed by atoms with Gasteiger partial charge >= 0.3 is 12.0 Å². The van der Waals surface area contributed by atoms with E-state index in [1.165, 1.54) is 26.4 Å². The number of carboxylic acid groups (broad SMARTS) is 1. The van der Waals surface area contributed by atoms with E-state index in [0.29, 0.717) is 6.61 Å². The van der Waals surface area contributed by atoms with Crippen LogP contribution in [0.25, 0.3) is 0 Å². The summed E-state index contributed by atoms with van der Waals surface area (Å²) in [5.74, 6) is -1.06. The van der Waals surface area contributed by atoms with Crippen LogP contribution in [-0.4, -0.2) is 37.4 Å². The van der Waals surface area contributed by atoms with Gasteiger partial charge in [0.15, 0.2) is 5.54 Å². The second-order valence-electron chi connectivity index (χ2n) is 3.78. The third-order valence-electron chi connectivity index (χ3n) is 2.40. The summed E-state index contributed by atoms with van der Waals surface area (Å²) >= 11 is 0. The minimum atomic E-state index is -1.61. The fourth-order valence-electron chi connectivity index (χ4n) is 1.32. The first-order chi connectivity index (χ1) is 8.50. The average molecular weight is 256 g/mol. The molecule has 0 saturated carbocycles. The van der Waals surface area contributed by atoms with Gasteiger partial charge in [-0.05, 0) is 19.1 Å². The fourth-order valence-corrected chi connectivity index (χ4v) is 1.32. The predicted octanol–water partition coefficient (Wildman–Crippen LogP) is 0.525. The third kappa shape index (κ3) is 3.24. The van der Waals surface area contributed by atoms with Crippen LogP contribution in [0.15, 0.2) is 22.8 Å². The Morgan fingerprint density at radius 2 is 2.28 bits per heavy atom. The summed E-state index contributed by atoms with van der Waals surface area (Å²) in [6, 6.07) is 2.44. The molecular formula is C11H16N2O5. The Bertz CT molecular complexity index is 404. The molecule has 0 bridgehead atoms. The first-order valence-corrected chi connectivity index (χ1v) is 5.33. The lowest BCUT2D eigenvalue weighted by molar-refractivity contribution is -0.144. The van der Waals surface area contributed by atoms with Gasteiger partial charge < -0.3 is 24.9 Å². The fraction of sp³-hybridized carbons (Fsp3) is 0.455. The third-order valence-corrected chi connectivity index (χ3v) is 2.40. The lowest BCUT2D eigenvalue weighted by Gasteiger charge is -2.24. The first kappa shape index (κ1) is 14.0. The summed E-state index contributed by atoms with van der Waals surface area (Å²) in [4.78, 5) is 22.8. The molecule has 7 nitrogen and oxygen atoms in total. The van der Waals surface area contributed by atoms with Gasteiger partial charge in [0.05, 0.1) is 12.9 Å². The monoisotopic (exact) mass is 256 g/mol. The van der Waals surface area contributed by atoms with Gasteiger partial charge in [0.2, 0.25) is 0 Å². The number of carboxylic acids is 1. The summed E-state index contributed by atoms with van der Waals surface area (Å²) in [5.41, 5.74) is -1.61.